The Morgan fingerprint density at radius 2 is 1.97 bits per heavy atom. The lowest BCUT2D eigenvalue weighted by Crippen LogP contribution is -2.50. The van der Waals surface area contributed by atoms with Crippen LogP contribution >= 0.6 is 0 Å². The number of aromatic nitrogens is 2. The van der Waals surface area contributed by atoms with Crippen LogP contribution in [0.4, 0.5) is 0 Å². The molecule has 1 fully saturated rings. The van der Waals surface area contributed by atoms with Gasteiger partial charge in [-0.2, -0.15) is 5.10 Å². The third-order valence-corrected chi connectivity index (χ3v) is 5.99. The number of hydrogen-bond donors (Lipinski definition) is 0. The molecule has 1 aliphatic heterocycles. The molecular formula is C24H33N3O3. The van der Waals surface area contributed by atoms with Crippen molar-refractivity contribution in [2.75, 3.05) is 19.7 Å². The molecule has 0 radical (unpaired) electrons. The van der Waals surface area contributed by atoms with E-state index in [1.165, 1.54) is 5.56 Å². The van der Waals surface area contributed by atoms with Crippen molar-refractivity contribution in [3.63, 3.8) is 0 Å². The lowest BCUT2D eigenvalue weighted by molar-refractivity contribution is -0.161. The minimum atomic E-state index is -0.590. The summed E-state index contributed by atoms with van der Waals surface area (Å²) in [4.78, 5) is 27.7. The number of amides is 1. The van der Waals surface area contributed by atoms with E-state index < -0.39 is 5.41 Å². The summed E-state index contributed by atoms with van der Waals surface area (Å²) >= 11 is 0. The third-order valence-electron chi connectivity index (χ3n) is 5.99. The highest BCUT2D eigenvalue weighted by molar-refractivity contribution is 5.81. The first-order valence-electron chi connectivity index (χ1n) is 11.0. The van der Waals surface area contributed by atoms with Crippen LogP contribution in [-0.4, -0.2) is 46.3 Å². The molecule has 3 rings (SSSR count). The zero-order chi connectivity index (χ0) is 21.4. The SMILES string of the molecule is CCOC(=O)[C@@]1(CCCc2ccccc2)CCCN(C(=O)CCc2cnn(C)c2)C1. The zero-order valence-corrected chi connectivity index (χ0v) is 18.2. The fourth-order valence-electron chi connectivity index (χ4n) is 4.39. The Morgan fingerprint density at radius 1 is 1.17 bits per heavy atom. The molecule has 1 amide bonds. The lowest BCUT2D eigenvalue weighted by atomic mass is 9.75. The van der Waals surface area contributed by atoms with Crippen LogP contribution in [0.1, 0.15) is 50.2 Å². The van der Waals surface area contributed by atoms with Gasteiger partial charge in [-0.05, 0) is 56.6 Å². The Hall–Kier alpha value is -2.63. The van der Waals surface area contributed by atoms with Crippen LogP contribution in [0.3, 0.4) is 0 Å². The summed E-state index contributed by atoms with van der Waals surface area (Å²) in [5, 5.41) is 4.16. The average molecular weight is 412 g/mol. The quantitative estimate of drug-likeness (QED) is 0.592. The fourth-order valence-corrected chi connectivity index (χ4v) is 4.39. The first-order valence-corrected chi connectivity index (χ1v) is 11.0. The van der Waals surface area contributed by atoms with Gasteiger partial charge in [0.1, 0.15) is 0 Å². The maximum atomic E-state index is 12.9. The summed E-state index contributed by atoms with van der Waals surface area (Å²) in [6.07, 6.45) is 9.05. The normalized spacial score (nSPS) is 18.9. The van der Waals surface area contributed by atoms with Gasteiger partial charge in [0.05, 0.1) is 18.2 Å². The summed E-state index contributed by atoms with van der Waals surface area (Å²) in [7, 11) is 1.87. The van der Waals surface area contributed by atoms with Crippen LogP contribution in [0.2, 0.25) is 0 Å². The van der Waals surface area contributed by atoms with Crippen LogP contribution in [0, 0.1) is 5.41 Å². The van der Waals surface area contributed by atoms with Crippen molar-refractivity contribution in [3.05, 3.63) is 53.9 Å². The Bertz CT molecular complexity index is 833. The number of esters is 1. The number of nitrogens with zero attached hydrogens (tertiary/aromatic N) is 3. The lowest BCUT2D eigenvalue weighted by Gasteiger charge is -2.41. The molecule has 162 valence electrons. The van der Waals surface area contributed by atoms with Gasteiger partial charge in [-0.1, -0.05) is 30.3 Å². The summed E-state index contributed by atoms with van der Waals surface area (Å²) in [6, 6.07) is 10.3. The van der Waals surface area contributed by atoms with Gasteiger partial charge in [0.15, 0.2) is 0 Å². The molecule has 6 nitrogen and oxygen atoms in total. The van der Waals surface area contributed by atoms with E-state index in [1.807, 2.05) is 43.3 Å². The van der Waals surface area contributed by atoms with E-state index in [0.29, 0.717) is 32.5 Å². The second-order valence-corrected chi connectivity index (χ2v) is 8.28. The zero-order valence-electron chi connectivity index (χ0n) is 18.2. The number of aryl methyl sites for hydroxylation is 3. The van der Waals surface area contributed by atoms with Crippen molar-refractivity contribution in [2.24, 2.45) is 12.5 Å². The number of carbonyl (C=O) groups excluding carboxylic acids is 2. The molecule has 1 saturated heterocycles. The van der Waals surface area contributed by atoms with Crippen molar-refractivity contribution in [2.45, 2.75) is 51.9 Å². The van der Waals surface area contributed by atoms with Gasteiger partial charge >= 0.3 is 5.97 Å². The predicted octanol–water partition coefficient (Wildman–Crippen LogP) is 3.55. The van der Waals surface area contributed by atoms with Gasteiger partial charge in [-0.15, -0.1) is 0 Å². The first kappa shape index (κ1) is 22.1. The molecule has 6 heteroatoms. The van der Waals surface area contributed by atoms with Gasteiger partial charge in [0, 0.05) is 32.8 Å². The summed E-state index contributed by atoms with van der Waals surface area (Å²) < 4.78 is 7.21. The summed E-state index contributed by atoms with van der Waals surface area (Å²) in [5.41, 5.74) is 1.74. The highest BCUT2D eigenvalue weighted by Gasteiger charge is 2.44. The van der Waals surface area contributed by atoms with E-state index in [9.17, 15) is 9.59 Å². The Balaban J connectivity index is 1.62. The van der Waals surface area contributed by atoms with E-state index >= 15 is 0 Å². The molecule has 1 aliphatic rings. The minimum Gasteiger partial charge on any atom is -0.466 e. The topological polar surface area (TPSA) is 64.4 Å². The Kier molecular flexibility index (Phi) is 7.66. The fraction of sp³-hybridized carbons (Fsp3) is 0.542. The molecule has 0 unspecified atom stereocenters. The van der Waals surface area contributed by atoms with E-state index in [2.05, 4.69) is 17.2 Å². The van der Waals surface area contributed by atoms with Gasteiger partial charge < -0.3 is 9.64 Å². The molecule has 0 N–H and O–H groups in total. The maximum Gasteiger partial charge on any atom is 0.313 e. The van der Waals surface area contributed by atoms with Crippen molar-refractivity contribution in [3.8, 4) is 0 Å². The van der Waals surface area contributed by atoms with Gasteiger partial charge in [0.2, 0.25) is 5.91 Å². The van der Waals surface area contributed by atoms with Crippen LogP contribution < -0.4 is 0 Å². The molecule has 0 aliphatic carbocycles. The molecule has 1 atom stereocenters. The molecule has 1 aromatic heterocycles. The van der Waals surface area contributed by atoms with E-state index in [0.717, 1.165) is 37.7 Å². The third kappa shape index (κ3) is 5.71. The first-order chi connectivity index (χ1) is 14.5. The highest BCUT2D eigenvalue weighted by Crippen LogP contribution is 2.37. The van der Waals surface area contributed by atoms with Crippen LogP contribution in [-0.2, 0) is 34.2 Å². The van der Waals surface area contributed by atoms with Crippen molar-refractivity contribution in [1.82, 2.24) is 14.7 Å². The van der Waals surface area contributed by atoms with Gasteiger partial charge in [-0.3, -0.25) is 14.3 Å². The second-order valence-electron chi connectivity index (χ2n) is 8.28. The average Bonchev–Trinajstić information content (AvgIpc) is 3.18. The Labute approximate surface area is 179 Å². The number of hydrogen-bond acceptors (Lipinski definition) is 4. The smallest absolute Gasteiger partial charge is 0.313 e. The highest BCUT2D eigenvalue weighted by atomic mass is 16.5. The maximum absolute atomic E-state index is 12.9. The van der Waals surface area contributed by atoms with Gasteiger partial charge in [0.25, 0.3) is 0 Å². The standard InChI is InChI=1S/C24H33N3O3/c1-3-30-23(29)24(14-7-11-20-9-5-4-6-10-20)15-8-16-27(19-24)22(28)13-12-21-17-25-26(2)18-21/h4-6,9-10,17-18H,3,7-8,11-16,19H2,1-2H3/t24-/m0/s1. The van der Waals surface area contributed by atoms with Crippen molar-refractivity contribution in [1.29, 1.82) is 0 Å². The number of piperidine rings is 1. The monoisotopic (exact) mass is 411 g/mol. The number of benzene rings is 1. The van der Waals surface area contributed by atoms with Crippen LogP contribution in [0.25, 0.3) is 0 Å². The molecule has 1 aromatic carbocycles. The van der Waals surface area contributed by atoms with Crippen LogP contribution in [0.15, 0.2) is 42.7 Å². The van der Waals surface area contributed by atoms with Crippen LogP contribution in [0.5, 0.6) is 0 Å². The summed E-state index contributed by atoms with van der Waals surface area (Å²) in [6.45, 7) is 3.39. The predicted molar refractivity (Wildman–Crippen MR) is 116 cm³/mol. The largest absolute Gasteiger partial charge is 0.466 e. The second kappa shape index (κ2) is 10.4. The van der Waals surface area contributed by atoms with Gasteiger partial charge in [-0.25, -0.2) is 0 Å². The molecule has 30 heavy (non-hydrogen) atoms. The molecule has 0 bridgehead atoms. The number of ether oxygens (including phenoxy) is 1. The number of likely N-dealkylation sites (tertiary alicyclic amines) is 1. The van der Waals surface area contributed by atoms with E-state index in [1.54, 1.807) is 10.9 Å². The molecular weight excluding hydrogens is 378 g/mol. The number of carbonyl (C=O) groups is 2. The molecule has 0 spiro atoms. The van der Waals surface area contributed by atoms with Crippen molar-refractivity contribution >= 4 is 11.9 Å². The van der Waals surface area contributed by atoms with E-state index in [-0.39, 0.29) is 11.9 Å². The number of rotatable bonds is 9. The molecule has 2 aromatic rings. The Morgan fingerprint density at radius 3 is 2.67 bits per heavy atom. The van der Waals surface area contributed by atoms with E-state index in [4.69, 9.17) is 4.74 Å². The molecule has 0 saturated carbocycles. The van der Waals surface area contributed by atoms with Crippen molar-refractivity contribution < 1.29 is 14.3 Å². The molecule has 2 heterocycles. The minimum absolute atomic E-state index is 0.107. The summed E-state index contributed by atoms with van der Waals surface area (Å²) in [5.74, 6) is -0.0434.